The first-order valence-electron chi connectivity index (χ1n) is 9.24. The van der Waals surface area contributed by atoms with Crippen LogP contribution < -0.4 is 14.9 Å². The molecule has 1 aromatic heterocycles. The van der Waals surface area contributed by atoms with E-state index in [-0.39, 0.29) is 12.8 Å². The predicted octanol–water partition coefficient (Wildman–Crippen LogP) is 3.62. The van der Waals surface area contributed by atoms with Crippen LogP contribution in [-0.2, 0) is 4.74 Å². The third-order valence-corrected chi connectivity index (χ3v) is 4.28. The topological polar surface area (TPSA) is 99.4 Å². The van der Waals surface area contributed by atoms with Crippen molar-refractivity contribution in [2.75, 3.05) is 13.4 Å². The van der Waals surface area contributed by atoms with Crippen LogP contribution in [0.25, 0.3) is 11.3 Å². The third kappa shape index (κ3) is 4.17. The first-order chi connectivity index (χ1) is 14.6. The van der Waals surface area contributed by atoms with Gasteiger partial charge < -0.3 is 18.6 Å². The van der Waals surface area contributed by atoms with Crippen LogP contribution in [0.2, 0.25) is 0 Å². The van der Waals surface area contributed by atoms with Gasteiger partial charge in [-0.05, 0) is 49.4 Å². The van der Waals surface area contributed by atoms with E-state index in [1.165, 1.54) is 6.21 Å². The smallest absolute Gasteiger partial charge is 0.338 e. The van der Waals surface area contributed by atoms with Crippen LogP contribution in [0.5, 0.6) is 11.5 Å². The van der Waals surface area contributed by atoms with Crippen molar-refractivity contribution in [2.45, 2.75) is 6.92 Å². The molecule has 0 atom stereocenters. The molecule has 30 heavy (non-hydrogen) atoms. The molecule has 4 rings (SSSR count). The standard InChI is InChI=1S/C22H18N2O6/c1-2-27-22(26)16-5-3-4-14(10-16)18-9-7-17(30-18)12-23-24-21(25)15-6-8-19-20(11-15)29-13-28-19/h3-12H,2,13H2,1H3,(H,24,25)/b23-12+. The molecule has 0 radical (unpaired) electrons. The number of furan rings is 1. The van der Waals surface area contributed by atoms with Gasteiger partial charge in [0, 0.05) is 11.1 Å². The van der Waals surface area contributed by atoms with Gasteiger partial charge in [0.2, 0.25) is 6.79 Å². The zero-order valence-electron chi connectivity index (χ0n) is 16.1. The largest absolute Gasteiger partial charge is 0.462 e. The molecule has 0 fully saturated rings. The van der Waals surface area contributed by atoms with Crippen molar-refractivity contribution < 1.29 is 28.2 Å². The number of rotatable bonds is 6. The normalized spacial score (nSPS) is 12.2. The fourth-order valence-electron chi connectivity index (χ4n) is 2.85. The summed E-state index contributed by atoms with van der Waals surface area (Å²) in [5, 5.41) is 3.92. The Balaban J connectivity index is 1.41. The number of nitrogens with zero attached hydrogens (tertiary/aromatic N) is 1. The Labute approximate surface area is 172 Å². The van der Waals surface area contributed by atoms with Gasteiger partial charge in [-0.3, -0.25) is 4.79 Å². The van der Waals surface area contributed by atoms with E-state index in [2.05, 4.69) is 10.5 Å². The highest BCUT2D eigenvalue weighted by Crippen LogP contribution is 2.32. The Morgan fingerprint density at radius 3 is 2.80 bits per heavy atom. The van der Waals surface area contributed by atoms with Crippen LogP contribution in [0.15, 0.2) is 64.1 Å². The van der Waals surface area contributed by atoms with Crippen LogP contribution in [0, 0.1) is 0 Å². The summed E-state index contributed by atoms with van der Waals surface area (Å²) in [6.07, 6.45) is 1.39. The average Bonchev–Trinajstić information content (AvgIpc) is 3.43. The SMILES string of the molecule is CCOC(=O)c1cccc(-c2ccc(/C=N/NC(=O)c3ccc4c(c3)OCO4)o2)c1. The molecule has 0 saturated heterocycles. The summed E-state index contributed by atoms with van der Waals surface area (Å²) in [7, 11) is 0. The van der Waals surface area contributed by atoms with Crippen molar-refractivity contribution in [3.8, 4) is 22.8 Å². The average molecular weight is 406 g/mol. The number of ether oxygens (including phenoxy) is 3. The Hall–Kier alpha value is -4.07. The molecular weight excluding hydrogens is 388 g/mol. The fourth-order valence-corrected chi connectivity index (χ4v) is 2.85. The number of amides is 1. The maximum absolute atomic E-state index is 12.2. The molecule has 0 spiro atoms. The Morgan fingerprint density at radius 1 is 1.07 bits per heavy atom. The molecule has 0 unspecified atom stereocenters. The van der Waals surface area contributed by atoms with E-state index in [1.807, 2.05) is 6.07 Å². The summed E-state index contributed by atoms with van der Waals surface area (Å²) in [6.45, 7) is 2.20. The first kappa shape index (κ1) is 19.3. The minimum atomic E-state index is -0.390. The van der Waals surface area contributed by atoms with Crippen LogP contribution in [0.1, 0.15) is 33.4 Å². The number of esters is 1. The van der Waals surface area contributed by atoms with Crippen LogP contribution in [-0.4, -0.2) is 31.5 Å². The quantitative estimate of drug-likeness (QED) is 0.381. The molecular formula is C22H18N2O6. The van der Waals surface area contributed by atoms with Crippen LogP contribution >= 0.6 is 0 Å². The minimum absolute atomic E-state index is 0.141. The number of hydrazone groups is 1. The number of benzene rings is 2. The van der Waals surface area contributed by atoms with Gasteiger partial charge >= 0.3 is 5.97 Å². The first-order valence-corrected chi connectivity index (χ1v) is 9.24. The minimum Gasteiger partial charge on any atom is -0.462 e. The third-order valence-electron chi connectivity index (χ3n) is 4.28. The van der Waals surface area contributed by atoms with Crippen molar-refractivity contribution in [3.63, 3.8) is 0 Å². The lowest BCUT2D eigenvalue weighted by atomic mass is 10.1. The van der Waals surface area contributed by atoms with Gasteiger partial charge in [-0.2, -0.15) is 5.10 Å². The molecule has 3 aromatic rings. The molecule has 1 aliphatic heterocycles. The molecule has 1 amide bonds. The van der Waals surface area contributed by atoms with Crippen LogP contribution in [0.3, 0.4) is 0 Å². The summed E-state index contributed by atoms with van der Waals surface area (Å²) in [5.41, 5.74) is 4.00. The molecule has 152 valence electrons. The summed E-state index contributed by atoms with van der Waals surface area (Å²) < 4.78 is 21.2. The van der Waals surface area contributed by atoms with E-state index in [1.54, 1.807) is 55.5 Å². The second-order valence-corrected chi connectivity index (χ2v) is 6.27. The molecule has 8 heteroatoms. The van der Waals surface area contributed by atoms with Gasteiger partial charge in [-0.15, -0.1) is 0 Å². The summed E-state index contributed by atoms with van der Waals surface area (Å²) in [5.74, 6) is 1.34. The highest BCUT2D eigenvalue weighted by molar-refractivity contribution is 5.95. The van der Waals surface area contributed by atoms with Gasteiger partial charge in [-0.25, -0.2) is 10.2 Å². The number of hydrogen-bond acceptors (Lipinski definition) is 7. The number of nitrogens with one attached hydrogen (secondary N) is 1. The van der Waals surface area contributed by atoms with E-state index < -0.39 is 5.91 Å². The van der Waals surface area contributed by atoms with Crippen molar-refractivity contribution in [3.05, 3.63) is 71.5 Å². The molecule has 2 heterocycles. The number of hydrogen-bond donors (Lipinski definition) is 1. The molecule has 0 aliphatic carbocycles. The lowest BCUT2D eigenvalue weighted by molar-refractivity contribution is 0.0526. The molecule has 2 aromatic carbocycles. The predicted molar refractivity (Wildman–Crippen MR) is 108 cm³/mol. The Kier molecular flexibility index (Phi) is 5.47. The number of fused-ring (bicyclic) bond motifs is 1. The maximum atomic E-state index is 12.2. The highest BCUT2D eigenvalue weighted by atomic mass is 16.7. The monoisotopic (exact) mass is 406 g/mol. The van der Waals surface area contributed by atoms with E-state index >= 15 is 0 Å². The van der Waals surface area contributed by atoms with E-state index in [0.717, 1.165) is 5.56 Å². The summed E-state index contributed by atoms with van der Waals surface area (Å²) in [4.78, 5) is 24.1. The van der Waals surface area contributed by atoms with Gasteiger partial charge in [0.05, 0.1) is 18.4 Å². The van der Waals surface area contributed by atoms with Crippen LogP contribution in [0.4, 0.5) is 0 Å². The fraction of sp³-hybridized carbons (Fsp3) is 0.136. The summed E-state index contributed by atoms with van der Waals surface area (Å²) >= 11 is 0. The zero-order valence-corrected chi connectivity index (χ0v) is 16.1. The van der Waals surface area contributed by atoms with Gasteiger partial charge in [0.1, 0.15) is 11.5 Å². The van der Waals surface area contributed by atoms with Gasteiger partial charge in [0.25, 0.3) is 5.91 Å². The number of carbonyl (C=O) groups is 2. The van der Waals surface area contributed by atoms with Crippen molar-refractivity contribution >= 4 is 18.1 Å². The second kappa shape index (κ2) is 8.52. The lowest BCUT2D eigenvalue weighted by Crippen LogP contribution is -2.17. The van der Waals surface area contributed by atoms with Gasteiger partial charge in [-0.1, -0.05) is 12.1 Å². The molecule has 1 N–H and O–H groups in total. The molecule has 0 saturated carbocycles. The van der Waals surface area contributed by atoms with Crippen molar-refractivity contribution in [2.24, 2.45) is 5.10 Å². The lowest BCUT2D eigenvalue weighted by Gasteiger charge is -2.03. The highest BCUT2D eigenvalue weighted by Gasteiger charge is 2.16. The molecule has 8 nitrogen and oxygen atoms in total. The van der Waals surface area contributed by atoms with E-state index in [0.29, 0.717) is 40.8 Å². The van der Waals surface area contributed by atoms with E-state index in [9.17, 15) is 9.59 Å². The summed E-state index contributed by atoms with van der Waals surface area (Å²) in [6, 6.07) is 15.3. The van der Waals surface area contributed by atoms with E-state index in [4.69, 9.17) is 18.6 Å². The maximum Gasteiger partial charge on any atom is 0.338 e. The number of carbonyl (C=O) groups excluding carboxylic acids is 2. The Bertz CT molecular complexity index is 1120. The molecule has 0 bridgehead atoms. The van der Waals surface area contributed by atoms with Gasteiger partial charge in [0.15, 0.2) is 11.5 Å². The Morgan fingerprint density at radius 2 is 1.93 bits per heavy atom. The second-order valence-electron chi connectivity index (χ2n) is 6.27. The van der Waals surface area contributed by atoms with Crippen molar-refractivity contribution in [1.82, 2.24) is 5.43 Å². The zero-order chi connectivity index (χ0) is 20.9. The molecule has 1 aliphatic rings. The van der Waals surface area contributed by atoms with Crippen molar-refractivity contribution in [1.29, 1.82) is 0 Å².